The zero-order valence-corrected chi connectivity index (χ0v) is 11.8. The minimum absolute atomic E-state index is 0.0591. The number of aliphatic hydroxyl groups excluding tert-OH is 1. The van der Waals surface area contributed by atoms with Gasteiger partial charge < -0.3 is 9.84 Å². The van der Waals surface area contributed by atoms with E-state index in [0.717, 1.165) is 6.42 Å². The third-order valence-corrected chi connectivity index (χ3v) is 3.84. The molecule has 110 valence electrons. The lowest BCUT2D eigenvalue weighted by Crippen LogP contribution is -2.20. The van der Waals surface area contributed by atoms with E-state index in [-0.39, 0.29) is 18.0 Å². The number of ketones is 1. The average molecular weight is 280 g/mol. The zero-order chi connectivity index (χ0) is 14.5. The molecule has 1 atom stereocenters. The molecule has 0 bridgehead atoms. The van der Waals surface area contributed by atoms with Gasteiger partial charge in [0.25, 0.3) is 0 Å². The zero-order valence-electron chi connectivity index (χ0n) is 11.8. The largest absolute Gasteiger partial charge is 0.491 e. The van der Waals surface area contributed by atoms with Crippen molar-refractivity contribution in [3.63, 3.8) is 0 Å². The Labute approximate surface area is 118 Å². The second kappa shape index (κ2) is 6.84. The van der Waals surface area contributed by atoms with E-state index in [1.54, 1.807) is 6.07 Å². The Morgan fingerprint density at radius 1 is 1.45 bits per heavy atom. The van der Waals surface area contributed by atoms with Gasteiger partial charge in [-0.05, 0) is 31.4 Å². The van der Waals surface area contributed by atoms with Crippen molar-refractivity contribution >= 4 is 5.78 Å². The molecular formula is C16H21FO3. The second-order valence-electron chi connectivity index (χ2n) is 5.55. The van der Waals surface area contributed by atoms with Crippen LogP contribution in [0.5, 0.6) is 5.75 Å². The van der Waals surface area contributed by atoms with E-state index in [4.69, 9.17) is 4.74 Å². The molecule has 0 amide bonds. The highest BCUT2D eigenvalue weighted by molar-refractivity contribution is 5.94. The van der Waals surface area contributed by atoms with E-state index in [1.165, 1.54) is 44.7 Å². The Bertz CT molecular complexity index is 467. The topological polar surface area (TPSA) is 46.5 Å². The Morgan fingerprint density at radius 3 is 2.75 bits per heavy atom. The van der Waals surface area contributed by atoms with Crippen LogP contribution >= 0.6 is 0 Å². The number of carbonyl (C=O) groups excluding carboxylic acids is 1. The SMILES string of the molecule is CC(=O)c1ccc(OCC(O)CC2CCCC2)cc1F. The van der Waals surface area contributed by atoms with Crippen LogP contribution in [0, 0.1) is 11.7 Å². The summed E-state index contributed by atoms with van der Waals surface area (Å²) in [6.07, 6.45) is 5.08. The molecule has 1 aromatic rings. The van der Waals surface area contributed by atoms with Gasteiger partial charge in [0.15, 0.2) is 5.78 Å². The molecule has 1 aliphatic carbocycles. The first kappa shape index (κ1) is 15.0. The molecule has 0 spiro atoms. The van der Waals surface area contributed by atoms with Crippen molar-refractivity contribution in [1.29, 1.82) is 0 Å². The van der Waals surface area contributed by atoms with Gasteiger partial charge in [-0.3, -0.25) is 4.79 Å². The van der Waals surface area contributed by atoms with Crippen LogP contribution in [0.3, 0.4) is 0 Å². The lowest BCUT2D eigenvalue weighted by Gasteiger charge is -2.16. The highest BCUT2D eigenvalue weighted by Crippen LogP contribution is 2.28. The standard InChI is InChI=1S/C16H21FO3/c1-11(18)15-7-6-14(9-16(15)17)20-10-13(19)8-12-4-2-3-5-12/h6-7,9,12-13,19H,2-5,8,10H2,1H3. The molecule has 20 heavy (non-hydrogen) atoms. The third kappa shape index (κ3) is 4.04. The van der Waals surface area contributed by atoms with Gasteiger partial charge in [0.1, 0.15) is 18.2 Å². The Kier molecular flexibility index (Phi) is 5.12. The molecule has 0 saturated heterocycles. The van der Waals surface area contributed by atoms with Crippen LogP contribution in [0.1, 0.15) is 49.4 Å². The monoisotopic (exact) mass is 280 g/mol. The summed E-state index contributed by atoms with van der Waals surface area (Å²) in [4.78, 5) is 11.1. The van der Waals surface area contributed by atoms with Gasteiger partial charge in [0.2, 0.25) is 0 Å². The maximum Gasteiger partial charge on any atom is 0.162 e. The summed E-state index contributed by atoms with van der Waals surface area (Å²) in [5, 5.41) is 9.91. The number of ether oxygens (including phenoxy) is 1. The van der Waals surface area contributed by atoms with Gasteiger partial charge in [-0.1, -0.05) is 25.7 Å². The summed E-state index contributed by atoms with van der Waals surface area (Å²) in [5.41, 5.74) is 0.0591. The van der Waals surface area contributed by atoms with Gasteiger partial charge in [-0.25, -0.2) is 4.39 Å². The van der Waals surface area contributed by atoms with Crippen molar-refractivity contribution in [2.24, 2.45) is 5.92 Å². The lowest BCUT2D eigenvalue weighted by atomic mass is 10.0. The molecule has 0 aliphatic heterocycles. The predicted molar refractivity (Wildman–Crippen MR) is 74.5 cm³/mol. The summed E-state index contributed by atoms with van der Waals surface area (Å²) in [6, 6.07) is 4.16. The highest BCUT2D eigenvalue weighted by atomic mass is 19.1. The summed E-state index contributed by atoms with van der Waals surface area (Å²) in [6.45, 7) is 1.49. The van der Waals surface area contributed by atoms with Crippen molar-refractivity contribution in [1.82, 2.24) is 0 Å². The fourth-order valence-electron chi connectivity index (χ4n) is 2.76. The van der Waals surface area contributed by atoms with E-state index in [2.05, 4.69) is 0 Å². The minimum Gasteiger partial charge on any atom is -0.491 e. The van der Waals surface area contributed by atoms with Gasteiger partial charge in [-0.2, -0.15) is 0 Å². The van der Waals surface area contributed by atoms with Gasteiger partial charge in [0, 0.05) is 6.07 Å². The predicted octanol–water partition coefficient (Wildman–Crippen LogP) is 3.35. The van der Waals surface area contributed by atoms with E-state index >= 15 is 0 Å². The molecule has 0 heterocycles. The van der Waals surface area contributed by atoms with Crippen LogP contribution in [-0.4, -0.2) is 23.6 Å². The van der Waals surface area contributed by atoms with Gasteiger partial charge in [0.05, 0.1) is 11.7 Å². The molecule has 0 radical (unpaired) electrons. The number of halogens is 1. The van der Waals surface area contributed by atoms with Crippen LogP contribution in [-0.2, 0) is 0 Å². The fraction of sp³-hybridized carbons (Fsp3) is 0.562. The Balaban J connectivity index is 1.84. The summed E-state index contributed by atoms with van der Waals surface area (Å²) >= 11 is 0. The molecule has 2 rings (SSSR count). The molecule has 1 aromatic carbocycles. The molecule has 1 unspecified atom stereocenters. The minimum atomic E-state index is -0.583. The van der Waals surface area contributed by atoms with Gasteiger partial charge >= 0.3 is 0 Å². The van der Waals surface area contributed by atoms with Crippen molar-refractivity contribution in [3.05, 3.63) is 29.6 Å². The molecule has 1 aliphatic rings. The average Bonchev–Trinajstić information content (AvgIpc) is 2.89. The van der Waals surface area contributed by atoms with Crippen molar-refractivity contribution in [3.8, 4) is 5.75 Å². The second-order valence-corrected chi connectivity index (χ2v) is 5.55. The van der Waals surface area contributed by atoms with Gasteiger partial charge in [-0.15, -0.1) is 0 Å². The number of carbonyl (C=O) groups is 1. The van der Waals surface area contributed by atoms with Crippen LogP contribution in [0.4, 0.5) is 4.39 Å². The first-order valence-electron chi connectivity index (χ1n) is 7.17. The quantitative estimate of drug-likeness (QED) is 0.813. The van der Waals surface area contributed by atoms with E-state index in [1.807, 2.05) is 0 Å². The van der Waals surface area contributed by atoms with E-state index in [0.29, 0.717) is 11.7 Å². The number of hydrogen-bond acceptors (Lipinski definition) is 3. The maximum absolute atomic E-state index is 13.6. The first-order valence-corrected chi connectivity index (χ1v) is 7.17. The molecule has 4 heteroatoms. The number of benzene rings is 1. The smallest absolute Gasteiger partial charge is 0.162 e. The van der Waals surface area contributed by atoms with E-state index in [9.17, 15) is 14.3 Å². The molecule has 3 nitrogen and oxygen atoms in total. The maximum atomic E-state index is 13.6. The summed E-state index contributed by atoms with van der Waals surface area (Å²) < 4.78 is 19.0. The highest BCUT2D eigenvalue weighted by Gasteiger charge is 2.19. The summed E-state index contributed by atoms with van der Waals surface area (Å²) in [7, 11) is 0. The van der Waals surface area contributed by atoms with E-state index < -0.39 is 11.9 Å². The van der Waals surface area contributed by atoms with Crippen LogP contribution in [0.15, 0.2) is 18.2 Å². The lowest BCUT2D eigenvalue weighted by molar-refractivity contribution is 0.0853. The molecule has 1 saturated carbocycles. The number of aliphatic hydroxyl groups is 1. The van der Waals surface area contributed by atoms with Crippen molar-refractivity contribution < 1.29 is 19.0 Å². The normalized spacial score (nSPS) is 17.1. The Hall–Kier alpha value is -1.42. The summed E-state index contributed by atoms with van der Waals surface area (Å²) in [5.74, 6) is 0.0407. The number of hydrogen-bond donors (Lipinski definition) is 1. The third-order valence-electron chi connectivity index (χ3n) is 3.84. The molecule has 1 N–H and O–H groups in total. The molecule has 0 aromatic heterocycles. The van der Waals surface area contributed by atoms with Crippen LogP contribution in [0.2, 0.25) is 0 Å². The Morgan fingerprint density at radius 2 is 2.15 bits per heavy atom. The first-order chi connectivity index (χ1) is 9.56. The van der Waals surface area contributed by atoms with Crippen LogP contribution in [0.25, 0.3) is 0 Å². The van der Waals surface area contributed by atoms with Crippen molar-refractivity contribution in [2.75, 3.05) is 6.61 Å². The number of rotatable bonds is 6. The number of Topliss-reactive ketones (excluding diaryl/α,β-unsaturated/α-hetero) is 1. The molecule has 1 fully saturated rings. The van der Waals surface area contributed by atoms with Crippen molar-refractivity contribution in [2.45, 2.75) is 45.1 Å². The van der Waals surface area contributed by atoms with Crippen LogP contribution < -0.4 is 4.74 Å². The molecular weight excluding hydrogens is 259 g/mol. The fourth-order valence-corrected chi connectivity index (χ4v) is 2.76.